The van der Waals surface area contributed by atoms with E-state index >= 15 is 0 Å². The van der Waals surface area contributed by atoms with E-state index in [0.29, 0.717) is 0 Å². The maximum atomic E-state index is 4.30. The van der Waals surface area contributed by atoms with Gasteiger partial charge in [0, 0.05) is 25.1 Å². The Bertz CT molecular complexity index is 665. The molecule has 0 amide bonds. The average Bonchev–Trinajstić information content (AvgIpc) is 2.47. The molecule has 0 fully saturated rings. The van der Waals surface area contributed by atoms with Crippen molar-refractivity contribution in [2.45, 2.75) is 0 Å². The second-order valence-corrected chi connectivity index (χ2v) is 4.15. The Labute approximate surface area is 106 Å². The van der Waals surface area contributed by atoms with Crippen LogP contribution in [0.2, 0.25) is 0 Å². The zero-order valence-electron chi connectivity index (χ0n) is 10.1. The van der Waals surface area contributed by atoms with E-state index < -0.39 is 0 Å². The minimum absolute atomic E-state index is 0.841. The summed E-state index contributed by atoms with van der Waals surface area (Å²) < 4.78 is 0. The Morgan fingerprint density at radius 3 is 2.56 bits per heavy atom. The Morgan fingerprint density at radius 1 is 0.944 bits per heavy atom. The van der Waals surface area contributed by atoms with Gasteiger partial charge >= 0.3 is 0 Å². The highest BCUT2D eigenvalue weighted by molar-refractivity contribution is 5.86. The summed E-state index contributed by atoms with van der Waals surface area (Å²) in [4.78, 5) is 10.4. The van der Waals surface area contributed by atoms with Crippen molar-refractivity contribution in [1.82, 2.24) is 9.97 Å². The maximum Gasteiger partial charge on any atom is 0.151 e. The summed E-state index contributed by atoms with van der Waals surface area (Å²) in [7, 11) is 1.99. The molecule has 2 aromatic carbocycles. The van der Waals surface area contributed by atoms with Crippen LogP contribution >= 0.6 is 0 Å². The minimum Gasteiger partial charge on any atom is -0.328 e. The molecule has 0 saturated carbocycles. The molecule has 3 heteroatoms. The van der Waals surface area contributed by atoms with Crippen LogP contribution in [0.15, 0.2) is 61.1 Å². The van der Waals surface area contributed by atoms with Gasteiger partial charge in [-0.15, -0.1) is 0 Å². The molecule has 0 saturated heterocycles. The topological polar surface area (TPSA) is 29.0 Å². The van der Waals surface area contributed by atoms with Gasteiger partial charge in [0.25, 0.3) is 0 Å². The second kappa shape index (κ2) is 4.45. The highest BCUT2D eigenvalue weighted by Gasteiger charge is 2.05. The lowest BCUT2D eigenvalue weighted by Crippen LogP contribution is -2.11. The van der Waals surface area contributed by atoms with Crippen molar-refractivity contribution in [3.63, 3.8) is 0 Å². The summed E-state index contributed by atoms with van der Waals surface area (Å²) in [6.45, 7) is 0. The van der Waals surface area contributed by atoms with Crippen LogP contribution < -0.4 is 4.90 Å². The van der Waals surface area contributed by atoms with Crippen LogP contribution in [-0.2, 0) is 0 Å². The Hall–Kier alpha value is -2.42. The summed E-state index contributed by atoms with van der Waals surface area (Å²) in [5.74, 6) is 0.841. The van der Waals surface area contributed by atoms with Gasteiger partial charge in [-0.2, -0.15) is 0 Å². The van der Waals surface area contributed by atoms with E-state index in [2.05, 4.69) is 46.4 Å². The number of anilines is 2. The molecule has 3 rings (SSSR count). The summed E-state index contributed by atoms with van der Waals surface area (Å²) in [6, 6.07) is 14.7. The molecule has 0 atom stereocenters. The van der Waals surface area contributed by atoms with Gasteiger partial charge in [-0.1, -0.05) is 30.3 Å². The van der Waals surface area contributed by atoms with Crippen LogP contribution in [0, 0.1) is 0 Å². The molecule has 0 aliphatic carbocycles. The van der Waals surface area contributed by atoms with Crippen molar-refractivity contribution >= 4 is 22.3 Å². The average molecular weight is 235 g/mol. The number of benzene rings is 2. The Balaban J connectivity index is 2.04. The van der Waals surface area contributed by atoms with Gasteiger partial charge in [-0.05, 0) is 22.9 Å². The third-order valence-electron chi connectivity index (χ3n) is 3.01. The molecule has 0 N–H and O–H groups in total. The lowest BCUT2D eigenvalue weighted by molar-refractivity contribution is 1.09. The van der Waals surface area contributed by atoms with Crippen molar-refractivity contribution in [1.29, 1.82) is 0 Å². The number of rotatable bonds is 2. The lowest BCUT2D eigenvalue weighted by Gasteiger charge is -2.18. The van der Waals surface area contributed by atoms with Crippen LogP contribution in [0.4, 0.5) is 11.5 Å². The van der Waals surface area contributed by atoms with Crippen molar-refractivity contribution in [3.05, 3.63) is 61.1 Å². The van der Waals surface area contributed by atoms with Crippen molar-refractivity contribution in [3.8, 4) is 0 Å². The Kier molecular flexibility index (Phi) is 2.65. The largest absolute Gasteiger partial charge is 0.328 e. The van der Waals surface area contributed by atoms with Crippen molar-refractivity contribution < 1.29 is 0 Å². The number of nitrogens with zero attached hydrogens (tertiary/aromatic N) is 3. The summed E-state index contributed by atoms with van der Waals surface area (Å²) in [5, 5.41) is 2.47. The lowest BCUT2D eigenvalue weighted by atomic mass is 10.1. The number of fused-ring (bicyclic) bond motifs is 1. The third kappa shape index (κ3) is 1.91. The zero-order chi connectivity index (χ0) is 12.4. The first-order valence-electron chi connectivity index (χ1n) is 5.83. The van der Waals surface area contributed by atoms with Crippen LogP contribution in [-0.4, -0.2) is 17.0 Å². The van der Waals surface area contributed by atoms with E-state index in [1.807, 2.05) is 18.0 Å². The van der Waals surface area contributed by atoms with Gasteiger partial charge in [0.1, 0.15) is 0 Å². The van der Waals surface area contributed by atoms with Gasteiger partial charge in [0.15, 0.2) is 5.82 Å². The summed E-state index contributed by atoms with van der Waals surface area (Å²) in [6.07, 6.45) is 5.14. The van der Waals surface area contributed by atoms with Crippen LogP contribution in [0.1, 0.15) is 0 Å². The third-order valence-corrected chi connectivity index (χ3v) is 3.01. The van der Waals surface area contributed by atoms with Gasteiger partial charge in [-0.25, -0.2) is 4.98 Å². The van der Waals surface area contributed by atoms with Crippen molar-refractivity contribution in [2.75, 3.05) is 11.9 Å². The SMILES string of the molecule is CN(c1ccc2ccccc2c1)c1cnccn1. The molecular formula is C15H13N3. The van der Waals surface area contributed by atoms with E-state index in [1.54, 1.807) is 18.6 Å². The Morgan fingerprint density at radius 2 is 1.78 bits per heavy atom. The standard InChI is InChI=1S/C15H13N3/c1-18(15-11-16-8-9-17-15)14-7-6-12-4-2-3-5-13(12)10-14/h2-11H,1H3. The van der Waals surface area contributed by atoms with Crippen LogP contribution in [0.25, 0.3) is 10.8 Å². The predicted octanol–water partition coefficient (Wildman–Crippen LogP) is 3.40. The first-order valence-corrected chi connectivity index (χ1v) is 5.83. The summed E-state index contributed by atoms with van der Waals surface area (Å²) >= 11 is 0. The normalized spacial score (nSPS) is 10.5. The second-order valence-electron chi connectivity index (χ2n) is 4.15. The fraction of sp³-hybridized carbons (Fsp3) is 0.0667. The molecule has 0 radical (unpaired) electrons. The van der Waals surface area contributed by atoms with Gasteiger partial charge < -0.3 is 4.90 Å². The monoisotopic (exact) mass is 235 g/mol. The molecule has 88 valence electrons. The molecule has 0 unspecified atom stereocenters. The van der Waals surface area contributed by atoms with Crippen molar-refractivity contribution in [2.24, 2.45) is 0 Å². The highest BCUT2D eigenvalue weighted by Crippen LogP contribution is 2.25. The van der Waals surface area contributed by atoms with E-state index in [1.165, 1.54) is 10.8 Å². The van der Waals surface area contributed by atoms with E-state index in [0.717, 1.165) is 11.5 Å². The molecule has 1 aromatic heterocycles. The van der Waals surface area contributed by atoms with Crippen LogP contribution in [0.5, 0.6) is 0 Å². The quantitative estimate of drug-likeness (QED) is 0.681. The molecule has 0 bridgehead atoms. The highest BCUT2D eigenvalue weighted by atomic mass is 15.2. The predicted molar refractivity (Wildman–Crippen MR) is 74.0 cm³/mol. The molecule has 0 spiro atoms. The van der Waals surface area contributed by atoms with Gasteiger partial charge in [0.2, 0.25) is 0 Å². The molecule has 18 heavy (non-hydrogen) atoms. The molecular weight excluding hydrogens is 222 g/mol. The van der Waals surface area contributed by atoms with E-state index in [4.69, 9.17) is 0 Å². The fourth-order valence-electron chi connectivity index (χ4n) is 1.98. The smallest absolute Gasteiger partial charge is 0.151 e. The zero-order valence-corrected chi connectivity index (χ0v) is 10.1. The number of hydrogen-bond donors (Lipinski definition) is 0. The summed E-state index contributed by atoms with van der Waals surface area (Å²) in [5.41, 5.74) is 1.11. The molecule has 3 nitrogen and oxygen atoms in total. The molecule has 0 aliphatic rings. The first-order chi connectivity index (χ1) is 8.84. The van der Waals surface area contributed by atoms with E-state index in [9.17, 15) is 0 Å². The number of aromatic nitrogens is 2. The maximum absolute atomic E-state index is 4.30. The molecule has 0 aliphatic heterocycles. The molecule has 1 heterocycles. The van der Waals surface area contributed by atoms with E-state index in [-0.39, 0.29) is 0 Å². The van der Waals surface area contributed by atoms with Crippen LogP contribution in [0.3, 0.4) is 0 Å². The van der Waals surface area contributed by atoms with Gasteiger partial charge in [-0.3, -0.25) is 4.98 Å². The number of hydrogen-bond acceptors (Lipinski definition) is 3. The van der Waals surface area contributed by atoms with Gasteiger partial charge in [0.05, 0.1) is 6.20 Å². The minimum atomic E-state index is 0.841. The fourth-order valence-corrected chi connectivity index (χ4v) is 1.98. The first kappa shape index (κ1) is 10.7. The molecule has 3 aromatic rings.